The van der Waals surface area contributed by atoms with E-state index in [9.17, 15) is 4.39 Å². The summed E-state index contributed by atoms with van der Waals surface area (Å²) in [7, 11) is 1.81. The second-order valence-corrected chi connectivity index (χ2v) is 4.37. The van der Waals surface area contributed by atoms with E-state index in [0.717, 1.165) is 5.56 Å². The quantitative estimate of drug-likeness (QED) is 0.913. The lowest BCUT2D eigenvalue weighted by molar-refractivity contribution is 0.593. The summed E-state index contributed by atoms with van der Waals surface area (Å²) in [6.07, 6.45) is 3.86. The molecule has 90 valence electrons. The number of hydrogen-bond donors (Lipinski definition) is 1. The van der Waals surface area contributed by atoms with Crippen molar-refractivity contribution in [1.82, 2.24) is 9.78 Å². The fourth-order valence-corrected chi connectivity index (χ4v) is 1.94. The van der Waals surface area contributed by atoms with Gasteiger partial charge in [-0.1, -0.05) is 17.7 Å². The van der Waals surface area contributed by atoms with Crippen molar-refractivity contribution in [2.45, 2.75) is 12.5 Å². The first-order valence-electron chi connectivity index (χ1n) is 5.25. The van der Waals surface area contributed by atoms with Crippen LogP contribution in [0.25, 0.3) is 0 Å². The molecule has 0 saturated heterocycles. The van der Waals surface area contributed by atoms with Crippen molar-refractivity contribution in [2.24, 2.45) is 12.8 Å². The van der Waals surface area contributed by atoms with Crippen LogP contribution in [-0.4, -0.2) is 9.78 Å². The zero-order chi connectivity index (χ0) is 12.4. The molecule has 2 aromatic rings. The van der Waals surface area contributed by atoms with E-state index in [4.69, 9.17) is 17.3 Å². The van der Waals surface area contributed by atoms with Gasteiger partial charge in [0.25, 0.3) is 0 Å². The van der Waals surface area contributed by atoms with Gasteiger partial charge in [0.15, 0.2) is 0 Å². The Morgan fingerprint density at radius 2 is 2.29 bits per heavy atom. The molecule has 0 spiro atoms. The second kappa shape index (κ2) is 4.85. The SMILES string of the molecule is Cn1cc(C(N)Cc2c(F)cccc2Cl)cn1. The van der Waals surface area contributed by atoms with Crippen LogP contribution in [0.15, 0.2) is 30.6 Å². The Morgan fingerprint density at radius 1 is 1.53 bits per heavy atom. The lowest BCUT2D eigenvalue weighted by Gasteiger charge is -2.11. The minimum absolute atomic E-state index is 0.307. The third kappa shape index (κ3) is 2.65. The van der Waals surface area contributed by atoms with Gasteiger partial charge in [-0.3, -0.25) is 4.68 Å². The zero-order valence-corrected chi connectivity index (χ0v) is 10.2. The van der Waals surface area contributed by atoms with Crippen molar-refractivity contribution >= 4 is 11.6 Å². The van der Waals surface area contributed by atoms with Crippen molar-refractivity contribution in [3.8, 4) is 0 Å². The summed E-state index contributed by atoms with van der Waals surface area (Å²) < 4.78 is 15.2. The molecule has 0 fully saturated rings. The van der Waals surface area contributed by atoms with Gasteiger partial charge in [0.05, 0.1) is 6.20 Å². The Labute approximate surface area is 104 Å². The Morgan fingerprint density at radius 3 is 2.88 bits per heavy atom. The zero-order valence-electron chi connectivity index (χ0n) is 9.40. The molecule has 0 aliphatic rings. The van der Waals surface area contributed by atoms with E-state index in [-0.39, 0.29) is 11.9 Å². The standard InChI is InChI=1S/C12H13ClFN3/c1-17-7-8(6-16-17)12(15)5-9-10(13)3-2-4-11(9)14/h2-4,6-7,12H,5,15H2,1H3. The monoisotopic (exact) mass is 253 g/mol. The molecule has 1 atom stereocenters. The first kappa shape index (κ1) is 12.1. The van der Waals surface area contributed by atoms with Crippen LogP contribution < -0.4 is 5.73 Å². The lowest BCUT2D eigenvalue weighted by atomic mass is 10.0. The van der Waals surface area contributed by atoms with Crippen LogP contribution in [0.4, 0.5) is 4.39 Å². The van der Waals surface area contributed by atoms with E-state index < -0.39 is 0 Å². The first-order chi connectivity index (χ1) is 8.08. The van der Waals surface area contributed by atoms with Gasteiger partial charge in [0.1, 0.15) is 5.82 Å². The molecule has 2 rings (SSSR count). The number of aromatic nitrogens is 2. The molecule has 17 heavy (non-hydrogen) atoms. The van der Waals surface area contributed by atoms with Gasteiger partial charge >= 0.3 is 0 Å². The molecule has 1 aromatic heterocycles. The third-order valence-corrected chi connectivity index (χ3v) is 2.99. The van der Waals surface area contributed by atoms with Crippen molar-refractivity contribution in [1.29, 1.82) is 0 Å². The van der Waals surface area contributed by atoms with E-state index in [1.807, 2.05) is 13.2 Å². The van der Waals surface area contributed by atoms with Gasteiger partial charge in [-0.2, -0.15) is 5.10 Å². The number of halogens is 2. The molecule has 0 aliphatic heterocycles. The maximum Gasteiger partial charge on any atom is 0.127 e. The van der Waals surface area contributed by atoms with E-state index in [1.54, 1.807) is 23.0 Å². The maximum atomic E-state index is 13.6. The van der Waals surface area contributed by atoms with Crippen LogP contribution in [0.2, 0.25) is 5.02 Å². The molecule has 1 aromatic carbocycles. The average molecular weight is 254 g/mol. The summed E-state index contributed by atoms with van der Waals surface area (Å²) in [5.41, 5.74) is 7.32. The number of benzene rings is 1. The number of hydrogen-bond acceptors (Lipinski definition) is 2. The number of nitrogens with zero attached hydrogens (tertiary/aromatic N) is 2. The van der Waals surface area contributed by atoms with Gasteiger partial charge in [0.2, 0.25) is 0 Å². The van der Waals surface area contributed by atoms with E-state index in [2.05, 4.69) is 5.10 Å². The summed E-state index contributed by atoms with van der Waals surface area (Å²) >= 11 is 5.95. The van der Waals surface area contributed by atoms with Gasteiger partial charge in [-0.25, -0.2) is 4.39 Å². The fraction of sp³-hybridized carbons (Fsp3) is 0.250. The summed E-state index contributed by atoms with van der Waals surface area (Å²) in [5.74, 6) is -0.322. The third-order valence-electron chi connectivity index (χ3n) is 2.64. The predicted molar refractivity (Wildman–Crippen MR) is 65.3 cm³/mol. The Bertz CT molecular complexity index is 504. The molecule has 2 N–H and O–H groups in total. The Kier molecular flexibility index (Phi) is 3.45. The van der Waals surface area contributed by atoms with Crippen molar-refractivity contribution < 1.29 is 4.39 Å². The minimum atomic E-state index is -0.322. The average Bonchev–Trinajstić information content (AvgIpc) is 2.70. The molecular weight excluding hydrogens is 241 g/mol. The normalized spacial score (nSPS) is 12.7. The van der Waals surface area contributed by atoms with Gasteiger partial charge < -0.3 is 5.73 Å². The van der Waals surface area contributed by atoms with Gasteiger partial charge in [0, 0.05) is 35.4 Å². The summed E-state index contributed by atoms with van der Waals surface area (Å²) in [4.78, 5) is 0. The van der Waals surface area contributed by atoms with Gasteiger partial charge in [-0.05, 0) is 18.6 Å². The Balaban J connectivity index is 2.21. The van der Waals surface area contributed by atoms with Crippen LogP contribution in [0.1, 0.15) is 17.2 Å². The number of rotatable bonds is 3. The topological polar surface area (TPSA) is 43.8 Å². The summed E-state index contributed by atoms with van der Waals surface area (Å²) in [6.45, 7) is 0. The molecule has 0 aliphatic carbocycles. The highest BCUT2D eigenvalue weighted by atomic mass is 35.5. The largest absolute Gasteiger partial charge is 0.324 e. The van der Waals surface area contributed by atoms with Crippen molar-refractivity contribution in [3.05, 3.63) is 52.6 Å². The minimum Gasteiger partial charge on any atom is -0.324 e. The molecule has 1 unspecified atom stereocenters. The summed E-state index contributed by atoms with van der Waals surface area (Å²) in [6, 6.07) is 4.32. The summed E-state index contributed by atoms with van der Waals surface area (Å²) in [5, 5.41) is 4.44. The van der Waals surface area contributed by atoms with Crippen LogP contribution >= 0.6 is 11.6 Å². The van der Waals surface area contributed by atoms with E-state index in [0.29, 0.717) is 17.0 Å². The molecule has 3 nitrogen and oxygen atoms in total. The van der Waals surface area contributed by atoms with Crippen LogP contribution in [0, 0.1) is 5.82 Å². The second-order valence-electron chi connectivity index (χ2n) is 3.96. The molecule has 5 heteroatoms. The van der Waals surface area contributed by atoms with Crippen LogP contribution in [-0.2, 0) is 13.5 Å². The van der Waals surface area contributed by atoms with Crippen molar-refractivity contribution in [2.75, 3.05) is 0 Å². The smallest absolute Gasteiger partial charge is 0.127 e. The molecular formula is C12H13ClFN3. The van der Waals surface area contributed by atoms with E-state index >= 15 is 0 Å². The Hall–Kier alpha value is -1.39. The molecule has 0 radical (unpaired) electrons. The van der Waals surface area contributed by atoms with E-state index in [1.165, 1.54) is 6.07 Å². The maximum absolute atomic E-state index is 13.6. The molecule has 1 heterocycles. The molecule has 0 amide bonds. The van der Waals surface area contributed by atoms with Crippen LogP contribution in [0.3, 0.4) is 0 Å². The van der Waals surface area contributed by atoms with Crippen molar-refractivity contribution in [3.63, 3.8) is 0 Å². The first-order valence-corrected chi connectivity index (χ1v) is 5.62. The van der Waals surface area contributed by atoms with Crippen LogP contribution in [0.5, 0.6) is 0 Å². The predicted octanol–water partition coefficient (Wildman–Crippen LogP) is 2.46. The fourth-order valence-electron chi connectivity index (χ4n) is 1.70. The molecule has 0 bridgehead atoms. The highest BCUT2D eigenvalue weighted by molar-refractivity contribution is 6.31. The lowest BCUT2D eigenvalue weighted by Crippen LogP contribution is -2.14. The number of aryl methyl sites for hydroxylation is 1. The highest BCUT2D eigenvalue weighted by Gasteiger charge is 2.14. The number of nitrogens with two attached hydrogens (primary N) is 1. The molecule has 0 saturated carbocycles. The highest BCUT2D eigenvalue weighted by Crippen LogP contribution is 2.24. The van der Waals surface area contributed by atoms with Gasteiger partial charge in [-0.15, -0.1) is 0 Å².